The van der Waals surface area contributed by atoms with Gasteiger partial charge in [-0.1, -0.05) is 6.07 Å². The van der Waals surface area contributed by atoms with Crippen LogP contribution in [0.15, 0.2) is 47.4 Å². The number of benzene rings is 2. The van der Waals surface area contributed by atoms with Crippen molar-refractivity contribution in [3.63, 3.8) is 0 Å². The summed E-state index contributed by atoms with van der Waals surface area (Å²) in [5, 5.41) is 7.75. The molecule has 0 aliphatic carbocycles. The number of anilines is 1. The average molecular weight is 396 g/mol. The Kier molecular flexibility index (Phi) is 6.89. The fourth-order valence-electron chi connectivity index (χ4n) is 2.60. The van der Waals surface area contributed by atoms with Crippen LogP contribution in [0.3, 0.4) is 0 Å². The number of primary sulfonamides is 1. The van der Waals surface area contributed by atoms with Crippen LogP contribution in [0.2, 0.25) is 0 Å². The third kappa shape index (κ3) is 6.02. The summed E-state index contributed by atoms with van der Waals surface area (Å²) in [6.07, 6.45) is 0. The smallest absolute Gasteiger partial charge is 0.279 e. The molecule has 27 heavy (non-hydrogen) atoms. The zero-order valence-electron chi connectivity index (χ0n) is 15.2. The SMILES string of the molecule is CC[NH+](CC(=O)Nc1cccc(S(N)(=O)=O)c1)Cc1ccc(OC)c(F)c1. The molecule has 9 heteroatoms. The van der Waals surface area contributed by atoms with Crippen LogP contribution in [0.25, 0.3) is 0 Å². The predicted molar refractivity (Wildman–Crippen MR) is 99.5 cm³/mol. The lowest BCUT2D eigenvalue weighted by Crippen LogP contribution is -3.11. The Labute approximate surface area is 158 Å². The van der Waals surface area contributed by atoms with Gasteiger partial charge in [0, 0.05) is 11.3 Å². The van der Waals surface area contributed by atoms with Gasteiger partial charge in [-0.25, -0.2) is 17.9 Å². The minimum absolute atomic E-state index is 0.0753. The lowest BCUT2D eigenvalue weighted by Gasteiger charge is -2.18. The maximum atomic E-state index is 13.8. The van der Waals surface area contributed by atoms with Gasteiger partial charge in [-0.3, -0.25) is 4.79 Å². The fourth-order valence-corrected chi connectivity index (χ4v) is 3.16. The van der Waals surface area contributed by atoms with E-state index in [1.165, 1.54) is 31.4 Å². The van der Waals surface area contributed by atoms with E-state index in [4.69, 9.17) is 9.88 Å². The molecule has 1 amide bonds. The third-order valence-corrected chi connectivity index (χ3v) is 4.94. The molecule has 0 aliphatic rings. The summed E-state index contributed by atoms with van der Waals surface area (Å²) in [5.74, 6) is -0.564. The normalized spacial score (nSPS) is 12.4. The van der Waals surface area contributed by atoms with Gasteiger partial charge in [0.25, 0.3) is 5.91 Å². The molecular weight excluding hydrogens is 373 g/mol. The number of carbonyl (C=O) groups excluding carboxylic acids is 1. The average Bonchev–Trinajstić information content (AvgIpc) is 2.60. The van der Waals surface area contributed by atoms with Crippen LogP contribution in [0.1, 0.15) is 12.5 Å². The van der Waals surface area contributed by atoms with Gasteiger partial charge in [-0.2, -0.15) is 0 Å². The molecule has 0 saturated heterocycles. The number of methoxy groups -OCH3 is 1. The summed E-state index contributed by atoms with van der Waals surface area (Å²) in [7, 11) is -2.44. The van der Waals surface area contributed by atoms with Crippen molar-refractivity contribution in [3.05, 3.63) is 53.8 Å². The predicted octanol–water partition coefficient (Wildman–Crippen LogP) is 0.525. The molecule has 1 atom stereocenters. The molecule has 0 spiro atoms. The monoisotopic (exact) mass is 396 g/mol. The van der Waals surface area contributed by atoms with Crippen molar-refractivity contribution in [1.82, 2.24) is 0 Å². The van der Waals surface area contributed by atoms with Crippen LogP contribution in [-0.4, -0.2) is 34.5 Å². The summed E-state index contributed by atoms with van der Waals surface area (Å²) in [6.45, 7) is 3.17. The molecule has 0 saturated carbocycles. The number of quaternary nitrogens is 1. The summed E-state index contributed by atoms with van der Waals surface area (Å²) in [6, 6.07) is 10.4. The van der Waals surface area contributed by atoms with Gasteiger partial charge >= 0.3 is 0 Å². The molecule has 2 rings (SSSR count). The van der Waals surface area contributed by atoms with E-state index in [-0.39, 0.29) is 23.1 Å². The van der Waals surface area contributed by atoms with E-state index >= 15 is 0 Å². The Morgan fingerprint density at radius 1 is 1.26 bits per heavy atom. The lowest BCUT2D eigenvalue weighted by atomic mass is 10.2. The van der Waals surface area contributed by atoms with Crippen LogP contribution in [0.4, 0.5) is 10.1 Å². The first-order chi connectivity index (χ1) is 12.7. The number of nitrogens with two attached hydrogens (primary N) is 1. The Balaban J connectivity index is 2.02. The highest BCUT2D eigenvalue weighted by atomic mass is 32.2. The Morgan fingerprint density at radius 3 is 2.59 bits per heavy atom. The highest BCUT2D eigenvalue weighted by molar-refractivity contribution is 7.89. The Bertz CT molecular complexity index is 919. The van der Waals surface area contributed by atoms with Gasteiger partial charge in [0.05, 0.1) is 18.6 Å². The third-order valence-electron chi connectivity index (χ3n) is 4.03. The molecule has 0 radical (unpaired) electrons. The van der Waals surface area contributed by atoms with Crippen molar-refractivity contribution < 1.29 is 27.2 Å². The van der Waals surface area contributed by atoms with E-state index < -0.39 is 15.8 Å². The second-order valence-electron chi connectivity index (χ2n) is 6.05. The summed E-state index contributed by atoms with van der Waals surface area (Å²) in [4.78, 5) is 13.1. The number of halogens is 1. The van der Waals surface area contributed by atoms with Crippen molar-refractivity contribution in [1.29, 1.82) is 0 Å². The van der Waals surface area contributed by atoms with Crippen molar-refractivity contribution in [2.24, 2.45) is 5.14 Å². The number of hydrogen-bond donors (Lipinski definition) is 3. The maximum Gasteiger partial charge on any atom is 0.279 e. The van der Waals surface area contributed by atoms with E-state index in [1.54, 1.807) is 18.2 Å². The van der Waals surface area contributed by atoms with Crippen LogP contribution in [0.5, 0.6) is 5.75 Å². The number of sulfonamides is 1. The molecule has 146 valence electrons. The molecule has 1 unspecified atom stereocenters. The number of carbonyl (C=O) groups is 1. The summed E-state index contributed by atoms with van der Waals surface area (Å²) in [5.41, 5.74) is 1.09. The molecule has 2 aromatic rings. The Hall–Kier alpha value is -2.49. The van der Waals surface area contributed by atoms with Gasteiger partial charge < -0.3 is 15.0 Å². The molecule has 0 bridgehead atoms. The first kappa shape index (κ1) is 20.8. The standard InChI is InChI=1S/C18H22FN3O4S/c1-3-22(11-13-7-8-17(26-2)16(19)9-13)12-18(23)21-14-5-4-6-15(10-14)27(20,24)25/h4-10H,3,11-12H2,1-2H3,(H,21,23)(H2,20,24,25)/p+1. The van der Waals surface area contributed by atoms with Gasteiger partial charge in [-0.15, -0.1) is 0 Å². The number of likely N-dealkylation sites (N-methyl/N-ethyl adjacent to an activating group) is 1. The van der Waals surface area contributed by atoms with E-state index in [1.807, 2.05) is 6.92 Å². The van der Waals surface area contributed by atoms with Gasteiger partial charge in [-0.05, 0) is 43.3 Å². The molecule has 0 fully saturated rings. The van der Waals surface area contributed by atoms with E-state index in [0.717, 1.165) is 10.5 Å². The largest absolute Gasteiger partial charge is 0.494 e. The Morgan fingerprint density at radius 2 is 2.00 bits per heavy atom. The van der Waals surface area contributed by atoms with E-state index in [0.29, 0.717) is 18.8 Å². The maximum absolute atomic E-state index is 13.8. The molecular formula is C18H23FN3O4S+. The van der Waals surface area contributed by atoms with Crippen molar-refractivity contribution in [2.75, 3.05) is 25.5 Å². The van der Waals surface area contributed by atoms with Gasteiger partial charge in [0.15, 0.2) is 18.1 Å². The zero-order valence-corrected chi connectivity index (χ0v) is 16.0. The number of rotatable bonds is 8. The van der Waals surface area contributed by atoms with E-state index in [2.05, 4.69) is 5.32 Å². The number of hydrogen-bond acceptors (Lipinski definition) is 4. The van der Waals surface area contributed by atoms with Gasteiger partial charge in [0.2, 0.25) is 10.0 Å². The molecule has 2 aromatic carbocycles. The summed E-state index contributed by atoms with van der Waals surface area (Å²) >= 11 is 0. The number of amides is 1. The summed E-state index contributed by atoms with van der Waals surface area (Å²) < 4.78 is 41.5. The second-order valence-corrected chi connectivity index (χ2v) is 7.61. The zero-order chi connectivity index (χ0) is 20.0. The second kappa shape index (κ2) is 8.94. The van der Waals surface area contributed by atoms with Crippen molar-refractivity contribution in [2.45, 2.75) is 18.4 Å². The van der Waals surface area contributed by atoms with Crippen molar-refractivity contribution >= 4 is 21.6 Å². The van der Waals surface area contributed by atoms with Crippen molar-refractivity contribution in [3.8, 4) is 5.75 Å². The van der Waals surface area contributed by atoms with Crippen LogP contribution < -0.4 is 20.1 Å². The van der Waals surface area contributed by atoms with Gasteiger partial charge in [0.1, 0.15) is 6.54 Å². The molecule has 0 heterocycles. The van der Waals surface area contributed by atoms with Crippen LogP contribution in [0, 0.1) is 5.82 Å². The fraction of sp³-hybridized carbons (Fsp3) is 0.278. The first-order valence-corrected chi connectivity index (χ1v) is 9.86. The lowest BCUT2D eigenvalue weighted by molar-refractivity contribution is -0.903. The molecule has 0 aromatic heterocycles. The molecule has 4 N–H and O–H groups in total. The number of nitrogens with one attached hydrogen (secondary N) is 2. The highest BCUT2D eigenvalue weighted by Crippen LogP contribution is 2.17. The minimum Gasteiger partial charge on any atom is -0.494 e. The minimum atomic E-state index is -3.84. The first-order valence-electron chi connectivity index (χ1n) is 8.31. The van der Waals surface area contributed by atoms with Crippen LogP contribution in [-0.2, 0) is 21.4 Å². The molecule has 7 nitrogen and oxygen atoms in total. The van der Waals surface area contributed by atoms with E-state index in [9.17, 15) is 17.6 Å². The number of ether oxygens (including phenoxy) is 1. The van der Waals surface area contributed by atoms with Crippen LogP contribution >= 0.6 is 0 Å². The topological polar surface area (TPSA) is 103 Å². The molecule has 0 aliphatic heterocycles. The highest BCUT2D eigenvalue weighted by Gasteiger charge is 2.16. The quantitative estimate of drug-likeness (QED) is 0.605.